The van der Waals surface area contributed by atoms with E-state index >= 15 is 0 Å². The van der Waals surface area contributed by atoms with Crippen LogP contribution >= 0.6 is 0 Å². The van der Waals surface area contributed by atoms with Crippen molar-refractivity contribution >= 4 is 5.96 Å². The highest BCUT2D eigenvalue weighted by Crippen LogP contribution is 2.03. The van der Waals surface area contributed by atoms with E-state index in [1.54, 1.807) is 13.2 Å². The van der Waals surface area contributed by atoms with E-state index in [4.69, 9.17) is 5.84 Å². The Morgan fingerprint density at radius 1 is 1.64 bits per heavy atom. The largest absolute Gasteiger partial charge is 0.351 e. The van der Waals surface area contributed by atoms with Crippen LogP contribution in [0.25, 0.3) is 0 Å². The molecule has 1 rings (SSSR count). The first-order valence-corrected chi connectivity index (χ1v) is 4.34. The van der Waals surface area contributed by atoms with E-state index in [1.807, 2.05) is 19.2 Å². The van der Waals surface area contributed by atoms with Crippen molar-refractivity contribution in [2.75, 3.05) is 7.05 Å². The van der Waals surface area contributed by atoms with Crippen molar-refractivity contribution in [2.45, 2.75) is 13.5 Å². The molecule has 0 radical (unpaired) electrons. The number of rotatable bonds is 2. The Hall–Kier alpha value is -1.62. The first-order chi connectivity index (χ1) is 6.77. The second-order valence-corrected chi connectivity index (χ2v) is 2.87. The molecule has 0 unspecified atom stereocenters. The molecule has 5 nitrogen and oxygen atoms in total. The van der Waals surface area contributed by atoms with Gasteiger partial charge in [-0.1, -0.05) is 0 Å². The van der Waals surface area contributed by atoms with E-state index in [2.05, 4.69) is 20.7 Å². The topological polar surface area (TPSA) is 75.3 Å². The summed E-state index contributed by atoms with van der Waals surface area (Å²) in [6.07, 6.45) is 3.60. The minimum atomic E-state index is 0.563. The maximum absolute atomic E-state index is 5.23. The normalized spacial score (nSPS) is 11.2. The van der Waals surface area contributed by atoms with Gasteiger partial charge in [-0.15, -0.1) is 0 Å². The number of hydrogen-bond donors (Lipinski definition) is 3. The lowest BCUT2D eigenvalue weighted by Crippen LogP contribution is -2.41. The Kier molecular flexibility index (Phi) is 3.87. The zero-order valence-corrected chi connectivity index (χ0v) is 8.41. The summed E-state index contributed by atoms with van der Waals surface area (Å²) >= 11 is 0. The van der Waals surface area contributed by atoms with Crippen LogP contribution in [0, 0.1) is 6.92 Å². The SMILES string of the molecule is CN=C(NN)NCc1cnccc1C. The van der Waals surface area contributed by atoms with Crippen LogP contribution in [-0.2, 0) is 6.54 Å². The summed E-state index contributed by atoms with van der Waals surface area (Å²) in [5, 5.41) is 3.05. The third kappa shape index (κ3) is 2.70. The molecule has 0 aliphatic carbocycles. The van der Waals surface area contributed by atoms with Gasteiger partial charge in [0.2, 0.25) is 5.96 Å². The van der Waals surface area contributed by atoms with Crippen LogP contribution < -0.4 is 16.6 Å². The van der Waals surface area contributed by atoms with Gasteiger partial charge in [0.05, 0.1) is 0 Å². The quantitative estimate of drug-likeness (QED) is 0.266. The van der Waals surface area contributed by atoms with Crippen LogP contribution in [0.3, 0.4) is 0 Å². The summed E-state index contributed by atoms with van der Waals surface area (Å²) in [7, 11) is 1.66. The number of nitrogens with one attached hydrogen (secondary N) is 2. The zero-order chi connectivity index (χ0) is 10.4. The minimum Gasteiger partial charge on any atom is -0.351 e. The Morgan fingerprint density at radius 2 is 2.43 bits per heavy atom. The van der Waals surface area contributed by atoms with Crippen LogP contribution in [0.15, 0.2) is 23.5 Å². The third-order valence-electron chi connectivity index (χ3n) is 1.95. The molecule has 5 heteroatoms. The van der Waals surface area contributed by atoms with Crippen LogP contribution in [0.2, 0.25) is 0 Å². The number of pyridine rings is 1. The van der Waals surface area contributed by atoms with E-state index in [0.29, 0.717) is 12.5 Å². The van der Waals surface area contributed by atoms with E-state index in [0.717, 1.165) is 5.56 Å². The van der Waals surface area contributed by atoms with Gasteiger partial charge in [0.1, 0.15) is 0 Å². The lowest BCUT2D eigenvalue weighted by Gasteiger charge is -2.09. The van der Waals surface area contributed by atoms with Gasteiger partial charge in [0, 0.05) is 26.0 Å². The fourth-order valence-electron chi connectivity index (χ4n) is 1.06. The Labute approximate surface area is 83.4 Å². The van der Waals surface area contributed by atoms with Crippen LogP contribution in [0.1, 0.15) is 11.1 Å². The minimum absolute atomic E-state index is 0.563. The van der Waals surface area contributed by atoms with E-state index in [9.17, 15) is 0 Å². The number of aryl methyl sites for hydroxylation is 1. The monoisotopic (exact) mass is 193 g/mol. The molecule has 14 heavy (non-hydrogen) atoms. The highest BCUT2D eigenvalue weighted by atomic mass is 15.3. The summed E-state index contributed by atoms with van der Waals surface area (Å²) < 4.78 is 0. The molecule has 0 atom stereocenters. The molecule has 0 saturated heterocycles. The smallest absolute Gasteiger partial charge is 0.205 e. The molecule has 1 aromatic heterocycles. The van der Waals surface area contributed by atoms with Crippen molar-refractivity contribution in [3.8, 4) is 0 Å². The highest BCUT2D eigenvalue weighted by Gasteiger charge is 1.98. The van der Waals surface area contributed by atoms with Gasteiger partial charge in [-0.05, 0) is 24.1 Å². The molecule has 4 N–H and O–H groups in total. The van der Waals surface area contributed by atoms with Crippen molar-refractivity contribution in [3.63, 3.8) is 0 Å². The van der Waals surface area contributed by atoms with Crippen molar-refractivity contribution < 1.29 is 0 Å². The maximum atomic E-state index is 5.23. The summed E-state index contributed by atoms with van der Waals surface area (Å²) in [4.78, 5) is 7.94. The summed E-state index contributed by atoms with van der Waals surface area (Å²) in [5.74, 6) is 5.79. The van der Waals surface area contributed by atoms with E-state index in [-0.39, 0.29) is 0 Å². The summed E-state index contributed by atoms with van der Waals surface area (Å²) in [5.41, 5.74) is 4.78. The fraction of sp³-hybridized carbons (Fsp3) is 0.333. The van der Waals surface area contributed by atoms with Crippen LogP contribution in [0.4, 0.5) is 0 Å². The van der Waals surface area contributed by atoms with Crippen molar-refractivity contribution in [1.82, 2.24) is 15.7 Å². The second kappa shape index (κ2) is 5.18. The molecular weight excluding hydrogens is 178 g/mol. The molecule has 0 aliphatic rings. The first-order valence-electron chi connectivity index (χ1n) is 4.34. The van der Waals surface area contributed by atoms with Gasteiger partial charge < -0.3 is 5.32 Å². The molecule has 0 saturated carbocycles. The summed E-state index contributed by atoms with van der Waals surface area (Å²) in [6, 6.07) is 1.97. The Morgan fingerprint density at radius 3 is 3.00 bits per heavy atom. The predicted molar refractivity (Wildman–Crippen MR) is 56.5 cm³/mol. The number of aromatic nitrogens is 1. The van der Waals surface area contributed by atoms with E-state index < -0.39 is 0 Å². The molecule has 0 fully saturated rings. The number of hydrogen-bond acceptors (Lipinski definition) is 3. The van der Waals surface area contributed by atoms with Crippen molar-refractivity contribution in [3.05, 3.63) is 29.6 Å². The van der Waals surface area contributed by atoms with Gasteiger partial charge in [-0.2, -0.15) is 0 Å². The molecule has 0 amide bonds. The van der Waals surface area contributed by atoms with E-state index in [1.165, 1.54) is 5.56 Å². The van der Waals surface area contributed by atoms with Gasteiger partial charge in [0.15, 0.2) is 0 Å². The molecule has 0 bridgehead atoms. The number of nitrogens with zero attached hydrogens (tertiary/aromatic N) is 2. The molecule has 0 aliphatic heterocycles. The maximum Gasteiger partial charge on any atom is 0.205 e. The molecular formula is C9H15N5. The first kappa shape index (κ1) is 10.5. The average Bonchev–Trinajstić information content (AvgIpc) is 2.22. The molecule has 76 valence electrons. The number of nitrogens with two attached hydrogens (primary N) is 1. The lowest BCUT2D eigenvalue weighted by atomic mass is 10.2. The Balaban J connectivity index is 2.58. The standard InChI is InChI=1S/C9H15N5/c1-7-3-4-12-5-8(7)6-13-9(11-2)14-10/h3-5H,6,10H2,1-2H3,(H2,11,13,14). The third-order valence-corrected chi connectivity index (χ3v) is 1.95. The number of hydrazine groups is 1. The van der Waals surface area contributed by atoms with Crippen LogP contribution in [-0.4, -0.2) is 18.0 Å². The van der Waals surface area contributed by atoms with Gasteiger partial charge in [-0.3, -0.25) is 15.4 Å². The Bertz CT molecular complexity index is 321. The number of aliphatic imine (C=N–C) groups is 1. The van der Waals surface area contributed by atoms with Crippen molar-refractivity contribution in [2.24, 2.45) is 10.8 Å². The van der Waals surface area contributed by atoms with Gasteiger partial charge >= 0.3 is 0 Å². The zero-order valence-electron chi connectivity index (χ0n) is 8.41. The molecule has 0 spiro atoms. The second-order valence-electron chi connectivity index (χ2n) is 2.87. The highest BCUT2D eigenvalue weighted by molar-refractivity contribution is 5.78. The molecule has 1 aromatic rings. The van der Waals surface area contributed by atoms with Gasteiger partial charge in [-0.25, -0.2) is 5.84 Å². The molecule has 0 aromatic carbocycles. The number of guanidine groups is 1. The predicted octanol–water partition coefficient (Wildman–Crippen LogP) is -0.0713. The molecule has 1 heterocycles. The fourth-order valence-corrected chi connectivity index (χ4v) is 1.06. The van der Waals surface area contributed by atoms with Gasteiger partial charge in [0.25, 0.3) is 0 Å². The lowest BCUT2D eigenvalue weighted by molar-refractivity contribution is 0.831. The summed E-state index contributed by atoms with van der Waals surface area (Å²) in [6.45, 7) is 2.70. The van der Waals surface area contributed by atoms with Crippen LogP contribution in [0.5, 0.6) is 0 Å². The van der Waals surface area contributed by atoms with Crippen molar-refractivity contribution in [1.29, 1.82) is 0 Å². The average molecular weight is 193 g/mol.